The van der Waals surface area contributed by atoms with Gasteiger partial charge in [0.25, 0.3) is 11.1 Å². The first-order valence-electron chi connectivity index (χ1n) is 8.14. The second kappa shape index (κ2) is 6.53. The third-order valence-corrected chi connectivity index (χ3v) is 4.81. The predicted molar refractivity (Wildman–Crippen MR) is 99.4 cm³/mol. The summed E-state index contributed by atoms with van der Waals surface area (Å²) in [6, 6.07) is 9.04. The van der Waals surface area contributed by atoms with E-state index in [0.29, 0.717) is 11.3 Å². The van der Waals surface area contributed by atoms with Crippen LogP contribution in [0.2, 0.25) is 0 Å². The van der Waals surface area contributed by atoms with Gasteiger partial charge in [-0.2, -0.15) is 19.6 Å². The number of nitrogens with zero attached hydrogens (tertiary/aromatic N) is 4. The molecular formula is C17H14N6O4S. The number of benzene rings is 1. The molecule has 0 unspecified atom stereocenters. The zero-order valence-corrected chi connectivity index (χ0v) is 15.4. The molecule has 1 aromatic carbocycles. The molecule has 3 heterocycles. The van der Waals surface area contributed by atoms with Crippen molar-refractivity contribution in [2.24, 2.45) is 0 Å². The highest BCUT2D eigenvalue weighted by atomic mass is 32.2. The van der Waals surface area contributed by atoms with Crippen LogP contribution in [0.5, 0.6) is 0 Å². The molecule has 142 valence electrons. The normalized spacial score (nSPS) is 16.0. The topological polar surface area (TPSA) is 135 Å². The lowest BCUT2D eigenvalue weighted by atomic mass is 10.1. The molecule has 0 bridgehead atoms. The summed E-state index contributed by atoms with van der Waals surface area (Å²) in [5.74, 6) is -0.747. The molecule has 0 saturated carbocycles. The van der Waals surface area contributed by atoms with Crippen LogP contribution in [0.1, 0.15) is 12.0 Å². The lowest BCUT2D eigenvalue weighted by molar-refractivity contribution is -0.124. The van der Waals surface area contributed by atoms with Crippen molar-refractivity contribution >= 4 is 45.0 Å². The molecule has 4 rings (SSSR count). The highest BCUT2D eigenvalue weighted by molar-refractivity contribution is 7.90. The van der Waals surface area contributed by atoms with Gasteiger partial charge in [-0.1, -0.05) is 18.2 Å². The maximum atomic E-state index is 12.0. The number of hydrogen-bond donors (Lipinski definition) is 2. The number of carbonyl (C=O) groups is 2. The number of fused-ring (bicyclic) bond motifs is 1. The zero-order valence-electron chi connectivity index (χ0n) is 14.6. The van der Waals surface area contributed by atoms with Crippen molar-refractivity contribution in [1.29, 1.82) is 0 Å². The third kappa shape index (κ3) is 3.34. The van der Waals surface area contributed by atoms with Gasteiger partial charge in [0.05, 0.1) is 12.6 Å². The first-order chi connectivity index (χ1) is 13.3. The predicted octanol–water partition coefficient (Wildman–Crippen LogP) is 0.701. The van der Waals surface area contributed by atoms with Crippen LogP contribution >= 0.6 is 0 Å². The van der Waals surface area contributed by atoms with Crippen molar-refractivity contribution in [3.8, 4) is 0 Å². The van der Waals surface area contributed by atoms with Gasteiger partial charge in [0, 0.05) is 23.1 Å². The van der Waals surface area contributed by atoms with Gasteiger partial charge < -0.3 is 5.32 Å². The van der Waals surface area contributed by atoms with Crippen molar-refractivity contribution in [3.05, 3.63) is 47.7 Å². The van der Waals surface area contributed by atoms with E-state index in [1.807, 2.05) is 18.2 Å². The summed E-state index contributed by atoms with van der Waals surface area (Å²) >= 11 is 0. The molecule has 3 aromatic rings. The Kier molecular flexibility index (Phi) is 4.15. The van der Waals surface area contributed by atoms with Crippen LogP contribution in [0, 0.1) is 0 Å². The van der Waals surface area contributed by atoms with E-state index in [-0.39, 0.29) is 28.7 Å². The molecule has 0 radical (unpaired) electrons. The Labute approximate surface area is 159 Å². The van der Waals surface area contributed by atoms with Gasteiger partial charge in [0.1, 0.15) is 0 Å². The Hall–Kier alpha value is -3.60. The number of hydrogen-bond acceptors (Lipinski definition) is 8. The van der Waals surface area contributed by atoms with Crippen LogP contribution in [0.3, 0.4) is 0 Å². The molecule has 2 N–H and O–H groups in total. The van der Waals surface area contributed by atoms with E-state index in [1.54, 1.807) is 12.1 Å². The van der Waals surface area contributed by atoms with Crippen LogP contribution in [0.15, 0.2) is 47.3 Å². The molecular weight excluding hydrogens is 384 g/mol. The number of aromatic nitrogens is 4. The summed E-state index contributed by atoms with van der Waals surface area (Å²) in [7, 11) is -3.71. The van der Waals surface area contributed by atoms with Crippen LogP contribution < -0.4 is 10.6 Å². The fraction of sp³-hybridized carbons (Fsp3) is 0.118. The molecule has 2 aromatic heterocycles. The Morgan fingerprint density at radius 3 is 2.57 bits per heavy atom. The monoisotopic (exact) mass is 398 g/mol. The highest BCUT2D eigenvalue weighted by Crippen LogP contribution is 2.22. The van der Waals surface area contributed by atoms with Gasteiger partial charge in [0.15, 0.2) is 5.65 Å². The third-order valence-electron chi connectivity index (χ3n) is 3.96. The molecule has 1 aliphatic rings. The Morgan fingerprint density at radius 1 is 1.18 bits per heavy atom. The van der Waals surface area contributed by atoms with Crippen molar-refractivity contribution in [2.45, 2.75) is 11.6 Å². The Balaban J connectivity index is 1.88. The van der Waals surface area contributed by atoms with Crippen LogP contribution in [-0.4, -0.2) is 46.1 Å². The largest absolute Gasteiger partial charge is 0.324 e. The van der Waals surface area contributed by atoms with Gasteiger partial charge in [-0.05, 0) is 18.2 Å². The molecule has 1 aliphatic heterocycles. The van der Waals surface area contributed by atoms with Crippen LogP contribution in [0.4, 0.5) is 11.6 Å². The van der Waals surface area contributed by atoms with E-state index in [4.69, 9.17) is 0 Å². The molecule has 11 heteroatoms. The maximum absolute atomic E-state index is 12.0. The molecule has 1 fully saturated rings. The quantitative estimate of drug-likeness (QED) is 0.484. The van der Waals surface area contributed by atoms with Gasteiger partial charge in [-0.25, -0.2) is 8.42 Å². The first kappa shape index (κ1) is 17.8. The summed E-state index contributed by atoms with van der Waals surface area (Å²) in [5.41, 5.74) is 1.51. The standard InChI is InChI=1S/C17H14N6O4S/c1-28(26,27)17-21-14-11(7-10-8-13(24)20-15(10)25)9-18-23(14)16(22-17)19-12-5-3-2-4-6-12/h2-7,9H,8H2,1H3,(H,19,21,22)(H,20,24,25). The Bertz CT molecular complexity index is 1250. The summed E-state index contributed by atoms with van der Waals surface area (Å²) in [5, 5.41) is 9.02. The number of sulfone groups is 1. The number of nitrogens with one attached hydrogen (secondary N) is 2. The average molecular weight is 398 g/mol. The second-order valence-corrected chi connectivity index (χ2v) is 8.06. The summed E-state index contributed by atoms with van der Waals surface area (Å²) in [4.78, 5) is 31.4. The van der Waals surface area contributed by atoms with Crippen molar-refractivity contribution in [2.75, 3.05) is 11.6 Å². The molecule has 28 heavy (non-hydrogen) atoms. The lowest BCUT2D eigenvalue weighted by Gasteiger charge is -2.08. The van der Waals surface area contributed by atoms with E-state index >= 15 is 0 Å². The van der Waals surface area contributed by atoms with E-state index in [1.165, 1.54) is 16.8 Å². The smallest absolute Gasteiger partial charge is 0.254 e. The first-order valence-corrected chi connectivity index (χ1v) is 10.0. The molecule has 2 amide bonds. The highest BCUT2D eigenvalue weighted by Gasteiger charge is 2.25. The van der Waals surface area contributed by atoms with Crippen LogP contribution in [0.25, 0.3) is 11.7 Å². The minimum Gasteiger partial charge on any atom is -0.324 e. The second-order valence-electron chi connectivity index (χ2n) is 6.15. The number of anilines is 2. The van der Waals surface area contributed by atoms with Crippen molar-refractivity contribution < 1.29 is 18.0 Å². The minimum atomic E-state index is -3.71. The number of amides is 2. The lowest BCUT2D eigenvalue weighted by Crippen LogP contribution is -2.19. The van der Waals surface area contributed by atoms with Gasteiger partial charge in [0.2, 0.25) is 21.7 Å². The van der Waals surface area contributed by atoms with Crippen molar-refractivity contribution in [3.63, 3.8) is 0 Å². The number of imide groups is 1. The van der Waals surface area contributed by atoms with Gasteiger partial charge >= 0.3 is 0 Å². The number of carbonyl (C=O) groups excluding carboxylic acids is 2. The fourth-order valence-corrected chi connectivity index (χ4v) is 3.19. The number of para-hydroxylation sites is 1. The van der Waals surface area contributed by atoms with Gasteiger partial charge in [-0.15, -0.1) is 0 Å². The summed E-state index contributed by atoms with van der Waals surface area (Å²) in [6.07, 6.45) is 3.83. The molecule has 0 spiro atoms. The summed E-state index contributed by atoms with van der Waals surface area (Å²) in [6.45, 7) is 0. The minimum absolute atomic E-state index is 0.0602. The number of rotatable bonds is 4. The summed E-state index contributed by atoms with van der Waals surface area (Å²) < 4.78 is 25.4. The fourth-order valence-electron chi connectivity index (χ4n) is 2.68. The SMILES string of the molecule is CS(=O)(=O)c1nc(Nc2ccccc2)n2ncc(C=C3CC(=O)NC3=O)c2n1. The van der Waals surface area contributed by atoms with E-state index in [2.05, 4.69) is 25.7 Å². The van der Waals surface area contributed by atoms with E-state index < -0.39 is 21.7 Å². The van der Waals surface area contributed by atoms with E-state index in [0.717, 1.165) is 6.26 Å². The van der Waals surface area contributed by atoms with Crippen molar-refractivity contribution in [1.82, 2.24) is 24.9 Å². The average Bonchev–Trinajstić information content (AvgIpc) is 3.18. The molecule has 0 aliphatic carbocycles. The Morgan fingerprint density at radius 2 is 1.93 bits per heavy atom. The zero-order chi connectivity index (χ0) is 19.9. The van der Waals surface area contributed by atoms with E-state index in [9.17, 15) is 18.0 Å². The molecule has 1 saturated heterocycles. The molecule has 0 atom stereocenters. The molecule has 10 nitrogen and oxygen atoms in total. The van der Waals surface area contributed by atoms with Gasteiger partial charge in [-0.3, -0.25) is 14.9 Å². The maximum Gasteiger partial charge on any atom is 0.254 e. The van der Waals surface area contributed by atoms with Crippen LogP contribution in [-0.2, 0) is 19.4 Å².